The van der Waals surface area contributed by atoms with Gasteiger partial charge in [-0.15, -0.1) is 0 Å². The van der Waals surface area contributed by atoms with Crippen LogP contribution in [-0.4, -0.2) is 54.6 Å². The van der Waals surface area contributed by atoms with Crippen molar-refractivity contribution in [3.05, 3.63) is 72.7 Å². The molecule has 0 spiro atoms. The van der Waals surface area contributed by atoms with E-state index in [0.29, 0.717) is 12.4 Å². The van der Waals surface area contributed by atoms with Gasteiger partial charge in [0.1, 0.15) is 28.6 Å². The maximum Gasteiger partial charge on any atom is 0.379 e. The van der Waals surface area contributed by atoms with Crippen LogP contribution in [0.25, 0.3) is 0 Å². The Morgan fingerprint density at radius 3 is 2.30 bits per heavy atom. The predicted molar refractivity (Wildman–Crippen MR) is 131 cm³/mol. The quantitative estimate of drug-likeness (QED) is 0.450. The third-order valence-electron chi connectivity index (χ3n) is 5.58. The van der Waals surface area contributed by atoms with Crippen molar-refractivity contribution >= 4 is 15.8 Å². The first-order chi connectivity index (χ1) is 17.8. The topological polar surface area (TPSA) is 97.3 Å². The Morgan fingerprint density at radius 1 is 1.03 bits per heavy atom. The molecular formula is C24H29F4N5O3S. The van der Waals surface area contributed by atoms with Crippen molar-refractivity contribution < 1.29 is 32.1 Å². The number of benzene rings is 1. The number of nitrogens with zero attached hydrogens (tertiary/aromatic N) is 4. The summed E-state index contributed by atoms with van der Waals surface area (Å²) in [4.78, 5) is 13.2. The van der Waals surface area contributed by atoms with Crippen LogP contribution in [0.1, 0.15) is 38.7 Å². The Morgan fingerprint density at radius 2 is 1.73 bits per heavy atom. The fraction of sp³-hybridized carbons (Fsp3) is 0.375. The summed E-state index contributed by atoms with van der Waals surface area (Å²) < 4.78 is 77.0. The number of piperidine rings is 1. The van der Waals surface area contributed by atoms with Crippen LogP contribution in [0.3, 0.4) is 0 Å². The molecule has 5 rings (SSSR count). The highest BCUT2D eigenvalue weighted by atomic mass is 32.2. The molecule has 1 atom stereocenters. The lowest BCUT2D eigenvalue weighted by molar-refractivity contribution is 0.00819. The lowest BCUT2D eigenvalue weighted by atomic mass is 9.96. The number of alkyl halides is 3. The molecule has 0 aliphatic carbocycles. The maximum atomic E-state index is 14.8. The van der Waals surface area contributed by atoms with Crippen molar-refractivity contribution in [2.24, 2.45) is 0 Å². The van der Waals surface area contributed by atoms with E-state index < -0.39 is 27.4 Å². The number of halogens is 4. The lowest BCUT2D eigenvalue weighted by Crippen LogP contribution is -2.36. The fourth-order valence-electron chi connectivity index (χ4n) is 4.04. The Labute approximate surface area is 214 Å². The molecule has 1 fully saturated rings. The highest BCUT2D eigenvalue weighted by Crippen LogP contribution is 2.39. The summed E-state index contributed by atoms with van der Waals surface area (Å²) in [5.41, 5.74) is 0.724. The van der Waals surface area contributed by atoms with E-state index in [1.165, 1.54) is 37.1 Å². The number of hydrogen-bond acceptors (Lipinski definition) is 7. The highest BCUT2D eigenvalue weighted by molar-refractivity contribution is 7.92. The molecule has 2 aromatic heterocycles. The van der Waals surface area contributed by atoms with Gasteiger partial charge in [-0.3, -0.25) is 14.6 Å². The molecular weight excluding hydrogens is 514 g/mol. The number of likely N-dealkylation sites (tertiary alicyclic amines) is 1. The molecule has 4 heterocycles. The number of ether oxygens (including phenoxy) is 1. The van der Waals surface area contributed by atoms with Crippen LogP contribution in [0.5, 0.6) is 5.75 Å². The summed E-state index contributed by atoms with van der Waals surface area (Å²) in [6, 6.07) is 9.77. The minimum absolute atomic E-state index is 0. The van der Waals surface area contributed by atoms with Crippen molar-refractivity contribution in [1.29, 1.82) is 0 Å². The Balaban J connectivity index is 0.000000390. The molecule has 0 unspecified atom stereocenters. The molecule has 0 bridgehead atoms. The minimum atomic E-state index is -4.13. The molecule has 1 saturated heterocycles. The van der Waals surface area contributed by atoms with Crippen molar-refractivity contribution in [3.8, 4) is 5.75 Å². The van der Waals surface area contributed by atoms with Gasteiger partial charge in [-0.25, -0.2) is 22.8 Å². The van der Waals surface area contributed by atoms with Crippen LogP contribution < -0.4 is 9.46 Å². The van der Waals surface area contributed by atoms with E-state index in [9.17, 15) is 26.0 Å². The minimum Gasteiger partial charge on any atom is -0.493 e. The fourth-order valence-corrected chi connectivity index (χ4v) is 5.13. The molecule has 8 nitrogen and oxygen atoms in total. The standard InChI is InChI=1S/C18H21FN4O3S.C5H5N.CHF3.H2/c19-14-10-13-15(23-7-2-1-3-8-23)5-9-26-16(13)11-17(14)27(24,25)22-18-4-6-20-12-21-18;1-2-4-6-5-3-1;2-1(3)4;/h4,6,10-12,15H,1-3,5,7-9H2,(H,20,21,22);1-5H;1H;1H/t15-;;;/m0.../s1. The molecule has 3 aromatic rings. The summed E-state index contributed by atoms with van der Waals surface area (Å²) in [7, 11) is -4.13. The Kier molecular flexibility index (Phi) is 10.6. The SMILES string of the molecule is FC(F)F.O=S(=O)(Nc1ccncn1)c1cc2c(cc1F)[C@@H](N1CCCCC1)CCO2.[HH].c1ccncc1. The molecule has 37 heavy (non-hydrogen) atoms. The second-order valence-electron chi connectivity index (χ2n) is 8.04. The number of fused-ring (bicyclic) bond motifs is 1. The van der Waals surface area contributed by atoms with Gasteiger partial charge in [0.25, 0.3) is 10.0 Å². The molecule has 0 radical (unpaired) electrons. The van der Waals surface area contributed by atoms with E-state index in [1.807, 2.05) is 18.2 Å². The molecule has 2 aliphatic heterocycles. The third kappa shape index (κ3) is 8.64. The predicted octanol–water partition coefficient (Wildman–Crippen LogP) is 5.23. The van der Waals surface area contributed by atoms with Crippen LogP contribution in [0.2, 0.25) is 0 Å². The number of sulfonamides is 1. The Bertz CT molecular complexity index is 1180. The van der Waals surface area contributed by atoms with Gasteiger partial charge >= 0.3 is 6.68 Å². The van der Waals surface area contributed by atoms with Gasteiger partial charge < -0.3 is 4.74 Å². The highest BCUT2D eigenvalue weighted by Gasteiger charge is 2.31. The molecule has 1 aromatic carbocycles. The summed E-state index contributed by atoms with van der Waals surface area (Å²) in [6.07, 6.45) is 10.4. The van der Waals surface area contributed by atoms with E-state index >= 15 is 0 Å². The molecule has 1 N–H and O–H groups in total. The third-order valence-corrected chi connectivity index (χ3v) is 6.95. The molecule has 0 amide bonds. The first-order valence-electron chi connectivity index (χ1n) is 11.5. The van der Waals surface area contributed by atoms with Crippen LogP contribution in [0.15, 0.2) is 66.2 Å². The smallest absolute Gasteiger partial charge is 0.379 e. The van der Waals surface area contributed by atoms with Gasteiger partial charge in [0, 0.05) is 44.1 Å². The van der Waals surface area contributed by atoms with Gasteiger partial charge in [-0.2, -0.15) is 13.2 Å². The largest absolute Gasteiger partial charge is 0.493 e. The number of pyridine rings is 1. The summed E-state index contributed by atoms with van der Waals surface area (Å²) >= 11 is 0. The first kappa shape index (κ1) is 28.3. The van der Waals surface area contributed by atoms with E-state index in [0.717, 1.165) is 37.9 Å². The van der Waals surface area contributed by atoms with Crippen molar-refractivity contribution in [2.75, 3.05) is 24.4 Å². The molecule has 0 saturated carbocycles. The number of anilines is 1. The van der Waals surface area contributed by atoms with Gasteiger partial charge in [0.15, 0.2) is 0 Å². The maximum absolute atomic E-state index is 14.8. The van der Waals surface area contributed by atoms with Crippen LogP contribution in [-0.2, 0) is 10.0 Å². The molecule has 13 heteroatoms. The van der Waals surface area contributed by atoms with Gasteiger partial charge in [0.05, 0.1) is 6.61 Å². The average Bonchev–Trinajstić information content (AvgIpc) is 2.90. The van der Waals surface area contributed by atoms with Crippen molar-refractivity contribution in [2.45, 2.75) is 43.3 Å². The summed E-state index contributed by atoms with van der Waals surface area (Å²) in [6.45, 7) is -1.24. The van der Waals surface area contributed by atoms with E-state index in [1.54, 1.807) is 12.4 Å². The summed E-state index contributed by atoms with van der Waals surface area (Å²) in [5, 5.41) is 0. The van der Waals surface area contributed by atoms with Crippen LogP contribution in [0, 0.1) is 5.82 Å². The van der Waals surface area contributed by atoms with Crippen LogP contribution in [0.4, 0.5) is 23.4 Å². The van der Waals surface area contributed by atoms with E-state index in [-0.39, 0.29) is 13.3 Å². The normalized spacial score (nSPS) is 17.3. The Hall–Kier alpha value is -3.32. The zero-order valence-corrected chi connectivity index (χ0v) is 20.6. The second kappa shape index (κ2) is 13.8. The lowest BCUT2D eigenvalue weighted by Gasteiger charge is -2.38. The van der Waals surface area contributed by atoms with E-state index in [2.05, 4.69) is 24.6 Å². The summed E-state index contributed by atoms with van der Waals surface area (Å²) in [5.74, 6) is -0.279. The molecule has 2 aliphatic rings. The number of rotatable bonds is 4. The van der Waals surface area contributed by atoms with Gasteiger partial charge in [-0.05, 0) is 50.2 Å². The first-order valence-corrected chi connectivity index (χ1v) is 13.0. The number of nitrogens with one attached hydrogen (secondary N) is 1. The number of hydrogen-bond donors (Lipinski definition) is 1. The monoisotopic (exact) mass is 543 g/mol. The van der Waals surface area contributed by atoms with Gasteiger partial charge in [0.2, 0.25) is 0 Å². The van der Waals surface area contributed by atoms with Crippen LogP contribution >= 0.6 is 0 Å². The number of aromatic nitrogens is 3. The zero-order chi connectivity index (χ0) is 26.7. The van der Waals surface area contributed by atoms with Gasteiger partial charge in [-0.1, -0.05) is 12.5 Å². The van der Waals surface area contributed by atoms with Crippen molar-refractivity contribution in [1.82, 2.24) is 19.9 Å². The zero-order valence-electron chi connectivity index (χ0n) is 19.8. The van der Waals surface area contributed by atoms with Crippen molar-refractivity contribution in [3.63, 3.8) is 0 Å². The second-order valence-corrected chi connectivity index (χ2v) is 9.69. The average molecular weight is 544 g/mol. The molecule has 202 valence electrons. The van der Waals surface area contributed by atoms with E-state index in [4.69, 9.17) is 4.74 Å².